The number of aromatic nitrogens is 1. The van der Waals surface area contributed by atoms with E-state index in [2.05, 4.69) is 47.6 Å². The molecule has 1 aromatic carbocycles. The first-order valence-corrected chi connectivity index (χ1v) is 5.47. The highest BCUT2D eigenvalue weighted by Crippen LogP contribution is 2.21. The summed E-state index contributed by atoms with van der Waals surface area (Å²) < 4.78 is 0. The highest BCUT2D eigenvalue weighted by Gasteiger charge is 2.02. The number of nitrogens with zero attached hydrogens (tertiary/aromatic N) is 1. The number of aryl methyl sites for hydroxylation is 1. The molecule has 2 rings (SSSR count). The molecular formula is C14H16N2. The molecule has 2 nitrogen and oxygen atoms in total. The summed E-state index contributed by atoms with van der Waals surface area (Å²) in [7, 11) is 1.95. The maximum absolute atomic E-state index is 4.42. The molecule has 0 spiro atoms. The van der Waals surface area contributed by atoms with Crippen LogP contribution in [0, 0.1) is 6.92 Å². The van der Waals surface area contributed by atoms with E-state index in [0.29, 0.717) is 0 Å². The van der Waals surface area contributed by atoms with Crippen molar-refractivity contribution in [3.05, 3.63) is 53.7 Å². The van der Waals surface area contributed by atoms with Gasteiger partial charge >= 0.3 is 0 Å². The van der Waals surface area contributed by atoms with Gasteiger partial charge < -0.3 is 5.32 Å². The lowest BCUT2D eigenvalue weighted by Gasteiger charge is -2.06. The predicted octanol–water partition coefficient (Wildman–Crippen LogP) is 2.78. The van der Waals surface area contributed by atoms with Gasteiger partial charge in [-0.3, -0.25) is 4.98 Å². The predicted molar refractivity (Wildman–Crippen MR) is 67.2 cm³/mol. The first-order chi connectivity index (χ1) is 7.81. The minimum Gasteiger partial charge on any atom is -0.316 e. The van der Waals surface area contributed by atoms with E-state index in [-0.39, 0.29) is 0 Å². The molecular weight excluding hydrogens is 196 g/mol. The molecule has 0 radical (unpaired) electrons. The summed E-state index contributed by atoms with van der Waals surface area (Å²) in [6.07, 6.45) is 1.87. The van der Waals surface area contributed by atoms with Crippen LogP contribution in [-0.4, -0.2) is 12.0 Å². The van der Waals surface area contributed by atoms with Crippen molar-refractivity contribution in [2.45, 2.75) is 13.5 Å². The van der Waals surface area contributed by atoms with Crippen molar-refractivity contribution in [1.82, 2.24) is 10.3 Å². The Morgan fingerprint density at radius 2 is 2.00 bits per heavy atom. The Bertz CT molecular complexity index is 478. The van der Waals surface area contributed by atoms with Gasteiger partial charge in [0.05, 0.1) is 5.69 Å². The molecule has 0 atom stereocenters. The quantitative estimate of drug-likeness (QED) is 0.846. The normalized spacial score (nSPS) is 10.4. The maximum atomic E-state index is 4.42. The fourth-order valence-electron chi connectivity index (χ4n) is 1.80. The summed E-state index contributed by atoms with van der Waals surface area (Å²) in [5, 5.41) is 3.15. The molecule has 0 amide bonds. The third kappa shape index (κ3) is 2.28. The Balaban J connectivity index is 2.40. The summed E-state index contributed by atoms with van der Waals surface area (Å²) in [6, 6.07) is 12.5. The zero-order valence-electron chi connectivity index (χ0n) is 9.70. The summed E-state index contributed by atoms with van der Waals surface area (Å²) in [4.78, 5) is 4.42. The van der Waals surface area contributed by atoms with Crippen LogP contribution >= 0.6 is 0 Å². The molecule has 0 aliphatic heterocycles. The minimum absolute atomic E-state index is 0.876. The van der Waals surface area contributed by atoms with Crippen LogP contribution in [0.5, 0.6) is 0 Å². The first kappa shape index (κ1) is 10.8. The van der Waals surface area contributed by atoms with Crippen LogP contribution in [0.2, 0.25) is 0 Å². The largest absolute Gasteiger partial charge is 0.316 e. The van der Waals surface area contributed by atoms with Gasteiger partial charge in [0.15, 0.2) is 0 Å². The lowest BCUT2D eigenvalue weighted by molar-refractivity contribution is 0.816. The first-order valence-electron chi connectivity index (χ1n) is 5.47. The van der Waals surface area contributed by atoms with Gasteiger partial charge in [-0.05, 0) is 37.2 Å². The van der Waals surface area contributed by atoms with Crippen molar-refractivity contribution in [3.8, 4) is 11.3 Å². The van der Waals surface area contributed by atoms with E-state index in [1.54, 1.807) is 0 Å². The van der Waals surface area contributed by atoms with Crippen molar-refractivity contribution < 1.29 is 0 Å². The Hall–Kier alpha value is -1.67. The van der Waals surface area contributed by atoms with E-state index < -0.39 is 0 Å². The van der Waals surface area contributed by atoms with Crippen molar-refractivity contribution in [2.75, 3.05) is 7.05 Å². The van der Waals surface area contributed by atoms with E-state index in [4.69, 9.17) is 0 Å². The molecule has 2 aromatic rings. The molecule has 1 aromatic heterocycles. The second kappa shape index (κ2) is 4.90. The topological polar surface area (TPSA) is 24.9 Å². The molecule has 0 saturated carbocycles. The zero-order chi connectivity index (χ0) is 11.4. The average molecular weight is 212 g/mol. The second-order valence-electron chi connectivity index (χ2n) is 3.89. The van der Waals surface area contributed by atoms with Crippen LogP contribution in [0.25, 0.3) is 11.3 Å². The molecule has 0 saturated heterocycles. The second-order valence-corrected chi connectivity index (χ2v) is 3.89. The van der Waals surface area contributed by atoms with E-state index in [9.17, 15) is 0 Å². The van der Waals surface area contributed by atoms with Crippen LogP contribution in [0.1, 0.15) is 11.1 Å². The van der Waals surface area contributed by atoms with Gasteiger partial charge in [-0.1, -0.05) is 24.3 Å². The molecule has 0 aliphatic rings. The van der Waals surface area contributed by atoms with E-state index >= 15 is 0 Å². The molecule has 1 N–H and O–H groups in total. The van der Waals surface area contributed by atoms with Gasteiger partial charge in [0.25, 0.3) is 0 Å². The minimum atomic E-state index is 0.876. The molecule has 2 heteroatoms. The number of rotatable bonds is 3. The van der Waals surface area contributed by atoms with Gasteiger partial charge in [0.2, 0.25) is 0 Å². The van der Waals surface area contributed by atoms with Crippen LogP contribution < -0.4 is 5.32 Å². The van der Waals surface area contributed by atoms with Crippen molar-refractivity contribution in [3.63, 3.8) is 0 Å². The molecule has 0 unspecified atom stereocenters. The molecule has 16 heavy (non-hydrogen) atoms. The Morgan fingerprint density at radius 1 is 1.19 bits per heavy atom. The van der Waals surface area contributed by atoms with E-state index in [1.807, 2.05) is 19.3 Å². The summed E-state index contributed by atoms with van der Waals surface area (Å²) in [6.45, 7) is 2.99. The monoisotopic (exact) mass is 212 g/mol. The molecule has 1 heterocycles. The van der Waals surface area contributed by atoms with Crippen molar-refractivity contribution >= 4 is 0 Å². The zero-order valence-corrected chi connectivity index (χ0v) is 9.70. The van der Waals surface area contributed by atoms with E-state index in [0.717, 1.165) is 12.2 Å². The van der Waals surface area contributed by atoms with Crippen LogP contribution in [0.15, 0.2) is 42.6 Å². The Morgan fingerprint density at radius 3 is 2.75 bits per heavy atom. The lowest BCUT2D eigenvalue weighted by Crippen LogP contribution is -2.05. The highest BCUT2D eigenvalue weighted by atomic mass is 14.8. The van der Waals surface area contributed by atoms with Gasteiger partial charge in [-0.15, -0.1) is 0 Å². The van der Waals surface area contributed by atoms with Crippen molar-refractivity contribution in [2.24, 2.45) is 0 Å². The number of benzene rings is 1. The molecule has 0 fully saturated rings. The number of hydrogen-bond donors (Lipinski definition) is 1. The van der Waals surface area contributed by atoms with E-state index in [1.165, 1.54) is 16.7 Å². The third-order valence-electron chi connectivity index (χ3n) is 2.63. The maximum Gasteiger partial charge on any atom is 0.0707 e. The smallest absolute Gasteiger partial charge is 0.0707 e. The average Bonchev–Trinajstić information content (AvgIpc) is 2.30. The standard InChI is InChI=1S/C14H16N2/c1-11-5-3-4-6-13(11)14-9-12(10-15-2)7-8-16-14/h3-9,15H,10H2,1-2H3. The molecule has 0 aliphatic carbocycles. The molecule has 0 bridgehead atoms. The van der Waals surface area contributed by atoms with Crippen LogP contribution in [0.4, 0.5) is 0 Å². The molecule has 82 valence electrons. The fraction of sp³-hybridized carbons (Fsp3) is 0.214. The van der Waals surface area contributed by atoms with Gasteiger partial charge in [-0.2, -0.15) is 0 Å². The Kier molecular flexibility index (Phi) is 3.32. The SMILES string of the molecule is CNCc1ccnc(-c2ccccc2C)c1. The van der Waals surface area contributed by atoms with Crippen LogP contribution in [-0.2, 0) is 6.54 Å². The third-order valence-corrected chi connectivity index (χ3v) is 2.63. The van der Waals surface area contributed by atoms with Gasteiger partial charge in [0.1, 0.15) is 0 Å². The van der Waals surface area contributed by atoms with Crippen molar-refractivity contribution in [1.29, 1.82) is 0 Å². The summed E-state index contributed by atoms with van der Waals surface area (Å²) in [5.74, 6) is 0. The number of nitrogens with one attached hydrogen (secondary N) is 1. The highest BCUT2D eigenvalue weighted by molar-refractivity contribution is 5.63. The number of pyridine rings is 1. The van der Waals surface area contributed by atoms with Crippen LogP contribution in [0.3, 0.4) is 0 Å². The summed E-state index contributed by atoms with van der Waals surface area (Å²) in [5.41, 5.74) is 4.78. The van der Waals surface area contributed by atoms with Gasteiger partial charge in [-0.25, -0.2) is 0 Å². The fourth-order valence-corrected chi connectivity index (χ4v) is 1.80. The Labute approximate surface area is 96.4 Å². The lowest BCUT2D eigenvalue weighted by atomic mass is 10.0. The van der Waals surface area contributed by atoms with Gasteiger partial charge in [0, 0.05) is 18.3 Å². The number of hydrogen-bond acceptors (Lipinski definition) is 2. The summed E-state index contributed by atoms with van der Waals surface area (Å²) >= 11 is 0.